The van der Waals surface area contributed by atoms with Crippen molar-refractivity contribution >= 4 is 32.4 Å². The molecule has 0 radical (unpaired) electrons. The van der Waals surface area contributed by atoms with Crippen molar-refractivity contribution in [1.82, 2.24) is 14.2 Å². The lowest BCUT2D eigenvalue weighted by Gasteiger charge is -2.21. The zero-order valence-corrected chi connectivity index (χ0v) is 18.6. The first-order valence-corrected chi connectivity index (χ1v) is 10.9. The summed E-state index contributed by atoms with van der Waals surface area (Å²) in [5.41, 5.74) is 1.41. The Labute approximate surface area is 170 Å². The van der Waals surface area contributed by atoms with Crippen LogP contribution >= 0.6 is 11.3 Å². The van der Waals surface area contributed by atoms with Crippen LogP contribution in [0.1, 0.15) is 12.6 Å². The van der Waals surface area contributed by atoms with Crippen LogP contribution in [-0.4, -0.2) is 69.9 Å². The van der Waals surface area contributed by atoms with E-state index < -0.39 is 10.0 Å². The number of nitrogens with zero attached hydrogens (tertiary/aromatic N) is 3. The number of ether oxygens (including phenoxy) is 1. The first kappa shape index (κ1) is 22.3. The predicted octanol–water partition coefficient (Wildman–Crippen LogP) is 2.27. The third-order valence-electron chi connectivity index (χ3n) is 4.06. The Kier molecular flexibility index (Phi) is 7.16. The van der Waals surface area contributed by atoms with Gasteiger partial charge < -0.3 is 15.0 Å². The zero-order valence-electron chi connectivity index (χ0n) is 16.9. The van der Waals surface area contributed by atoms with Crippen LogP contribution in [0.4, 0.5) is 5.13 Å². The lowest BCUT2D eigenvalue weighted by atomic mass is 10.1. The summed E-state index contributed by atoms with van der Waals surface area (Å²) in [6.07, 6.45) is 0. The number of carbonyl (C=O) groups excluding carboxylic acids is 1. The summed E-state index contributed by atoms with van der Waals surface area (Å²) in [6.45, 7) is 4.19. The Morgan fingerprint density at radius 3 is 2.50 bits per heavy atom. The van der Waals surface area contributed by atoms with Crippen LogP contribution < -0.4 is 10.1 Å². The number of thiazole rings is 1. The highest BCUT2D eigenvalue weighted by atomic mass is 32.2. The van der Waals surface area contributed by atoms with Crippen LogP contribution in [0.2, 0.25) is 0 Å². The Morgan fingerprint density at radius 1 is 1.25 bits per heavy atom. The van der Waals surface area contributed by atoms with E-state index in [1.807, 2.05) is 25.9 Å². The summed E-state index contributed by atoms with van der Waals surface area (Å²) in [5.74, 6) is 0.0746. The van der Waals surface area contributed by atoms with E-state index in [1.54, 1.807) is 25.2 Å². The number of amides is 1. The molecule has 28 heavy (non-hydrogen) atoms. The molecule has 1 N–H and O–H groups in total. The number of nitrogens with one attached hydrogen (secondary N) is 1. The van der Waals surface area contributed by atoms with Crippen LogP contribution in [0.15, 0.2) is 23.1 Å². The summed E-state index contributed by atoms with van der Waals surface area (Å²) < 4.78 is 32.8. The molecule has 0 bridgehead atoms. The second-order valence-electron chi connectivity index (χ2n) is 6.61. The smallest absolute Gasteiger partial charge is 0.246 e. The van der Waals surface area contributed by atoms with Crippen LogP contribution in [0.25, 0.3) is 10.4 Å². The van der Waals surface area contributed by atoms with Crippen molar-refractivity contribution in [1.29, 1.82) is 0 Å². The number of aromatic nitrogens is 1. The predicted molar refractivity (Wildman–Crippen MR) is 112 cm³/mol. The molecule has 0 aliphatic heterocycles. The molecule has 0 saturated heterocycles. The van der Waals surface area contributed by atoms with E-state index in [4.69, 9.17) is 4.74 Å². The SMILES string of the molecule is COc1ccc(-c2sc(NC(C)=O)nc2C)cc1S(=O)(=O)N(C)CCN(C)C. The summed E-state index contributed by atoms with van der Waals surface area (Å²) in [5, 5.41) is 3.14. The van der Waals surface area contributed by atoms with Gasteiger partial charge in [-0.15, -0.1) is 0 Å². The Morgan fingerprint density at radius 2 is 1.93 bits per heavy atom. The minimum atomic E-state index is -3.74. The van der Waals surface area contributed by atoms with Gasteiger partial charge in [0, 0.05) is 27.1 Å². The molecule has 1 heterocycles. The van der Waals surface area contributed by atoms with Crippen molar-refractivity contribution in [3.05, 3.63) is 23.9 Å². The second-order valence-corrected chi connectivity index (χ2v) is 9.62. The summed E-state index contributed by atoms with van der Waals surface area (Å²) in [4.78, 5) is 18.4. The molecular weight excluding hydrogens is 400 g/mol. The highest BCUT2D eigenvalue weighted by Crippen LogP contribution is 2.37. The normalized spacial score (nSPS) is 11.9. The van der Waals surface area contributed by atoms with E-state index >= 15 is 0 Å². The van der Waals surface area contributed by atoms with Gasteiger partial charge in [0.25, 0.3) is 0 Å². The second kappa shape index (κ2) is 8.99. The number of sulfonamides is 1. The van der Waals surface area contributed by atoms with E-state index in [2.05, 4.69) is 10.3 Å². The van der Waals surface area contributed by atoms with Crippen LogP contribution in [0.5, 0.6) is 5.75 Å². The van der Waals surface area contributed by atoms with E-state index in [0.29, 0.717) is 29.5 Å². The maximum absolute atomic E-state index is 13.1. The maximum atomic E-state index is 13.1. The van der Waals surface area contributed by atoms with Gasteiger partial charge in [0.15, 0.2) is 5.13 Å². The van der Waals surface area contributed by atoms with E-state index in [-0.39, 0.29) is 16.6 Å². The Bertz CT molecular complexity index is 954. The maximum Gasteiger partial charge on any atom is 0.246 e. The topological polar surface area (TPSA) is 91.8 Å². The van der Waals surface area contributed by atoms with Crippen molar-refractivity contribution < 1.29 is 17.9 Å². The molecule has 0 unspecified atom stereocenters. The largest absolute Gasteiger partial charge is 0.495 e. The standard InChI is InChI=1S/C18H26N4O4S2/c1-12-17(27-18(19-12)20-13(2)23)14-7-8-15(26-6)16(11-14)28(24,25)22(5)10-9-21(3)4/h7-8,11H,9-10H2,1-6H3,(H,19,20,23). The molecule has 1 amide bonds. The Hall–Kier alpha value is -2.01. The molecule has 0 saturated carbocycles. The van der Waals surface area contributed by atoms with Gasteiger partial charge >= 0.3 is 0 Å². The molecule has 2 rings (SSSR count). The van der Waals surface area contributed by atoms with Crippen molar-refractivity contribution in [2.75, 3.05) is 46.7 Å². The minimum Gasteiger partial charge on any atom is -0.495 e. The van der Waals surface area contributed by atoms with Gasteiger partial charge in [0.1, 0.15) is 10.6 Å². The van der Waals surface area contributed by atoms with Gasteiger partial charge in [0.2, 0.25) is 15.9 Å². The van der Waals surface area contributed by atoms with E-state index in [1.165, 1.54) is 29.7 Å². The average Bonchev–Trinajstić information content (AvgIpc) is 2.98. The third kappa shape index (κ3) is 5.07. The average molecular weight is 427 g/mol. The number of methoxy groups -OCH3 is 1. The fourth-order valence-corrected chi connectivity index (χ4v) is 4.86. The van der Waals surface area contributed by atoms with Gasteiger partial charge in [-0.2, -0.15) is 4.31 Å². The number of benzene rings is 1. The molecular formula is C18H26N4O4S2. The molecule has 1 aromatic heterocycles. The lowest BCUT2D eigenvalue weighted by molar-refractivity contribution is -0.114. The van der Waals surface area contributed by atoms with Crippen molar-refractivity contribution in [2.24, 2.45) is 0 Å². The minimum absolute atomic E-state index is 0.0997. The highest BCUT2D eigenvalue weighted by molar-refractivity contribution is 7.89. The summed E-state index contributed by atoms with van der Waals surface area (Å²) in [7, 11) is 3.04. The molecule has 0 atom stereocenters. The number of aryl methyl sites for hydroxylation is 1. The van der Waals surface area contributed by atoms with Crippen LogP contribution in [0, 0.1) is 6.92 Å². The van der Waals surface area contributed by atoms with Gasteiger partial charge in [0.05, 0.1) is 17.7 Å². The first-order chi connectivity index (χ1) is 13.1. The number of carbonyl (C=O) groups is 1. The van der Waals surface area contributed by atoms with Crippen LogP contribution in [-0.2, 0) is 14.8 Å². The Balaban J connectivity index is 2.47. The molecule has 8 nitrogen and oxygen atoms in total. The van der Waals surface area contributed by atoms with Crippen molar-refractivity contribution in [3.63, 3.8) is 0 Å². The van der Waals surface area contributed by atoms with Crippen molar-refractivity contribution in [2.45, 2.75) is 18.7 Å². The number of hydrogen-bond acceptors (Lipinski definition) is 7. The molecule has 0 aliphatic rings. The van der Waals surface area contributed by atoms with Crippen molar-refractivity contribution in [3.8, 4) is 16.2 Å². The molecule has 154 valence electrons. The molecule has 0 spiro atoms. The molecule has 10 heteroatoms. The van der Waals surface area contributed by atoms with E-state index in [0.717, 1.165) is 4.88 Å². The van der Waals surface area contributed by atoms with Gasteiger partial charge in [-0.1, -0.05) is 11.3 Å². The van der Waals surface area contributed by atoms with Gasteiger partial charge in [-0.05, 0) is 44.8 Å². The molecule has 0 fully saturated rings. The summed E-state index contributed by atoms with van der Waals surface area (Å²) in [6, 6.07) is 5.02. The zero-order chi connectivity index (χ0) is 21.1. The summed E-state index contributed by atoms with van der Waals surface area (Å²) >= 11 is 1.30. The molecule has 2 aromatic rings. The fourth-order valence-electron chi connectivity index (χ4n) is 2.52. The van der Waals surface area contributed by atoms with Gasteiger partial charge in [-0.3, -0.25) is 4.79 Å². The number of rotatable bonds is 8. The number of anilines is 1. The lowest BCUT2D eigenvalue weighted by Crippen LogP contribution is -2.33. The molecule has 1 aromatic carbocycles. The van der Waals surface area contributed by atoms with Gasteiger partial charge in [-0.25, -0.2) is 13.4 Å². The first-order valence-electron chi connectivity index (χ1n) is 8.60. The number of likely N-dealkylation sites (N-methyl/N-ethyl adjacent to an activating group) is 2. The monoisotopic (exact) mass is 426 g/mol. The third-order valence-corrected chi connectivity index (χ3v) is 7.06. The quantitative estimate of drug-likeness (QED) is 0.696. The highest BCUT2D eigenvalue weighted by Gasteiger charge is 2.26. The number of hydrogen-bond donors (Lipinski definition) is 1. The van der Waals surface area contributed by atoms with Crippen LogP contribution in [0.3, 0.4) is 0 Å². The fraction of sp³-hybridized carbons (Fsp3) is 0.444. The molecule has 0 aliphatic carbocycles. The van der Waals surface area contributed by atoms with E-state index in [9.17, 15) is 13.2 Å².